The number of carbonyl (C=O) groups excluding carboxylic acids is 1. The molecule has 2 amide bonds. The SMILES string of the molecule is Cc1cccc2nc(CNC(=O)Nc3cccc4c3CCN(S(C)(=O)=O)C4)cn12. The summed E-state index contributed by atoms with van der Waals surface area (Å²) in [4.78, 5) is 16.9. The molecule has 0 unspecified atom stereocenters. The van der Waals surface area contributed by atoms with Crippen LogP contribution in [0.2, 0.25) is 0 Å². The number of fused-ring (bicyclic) bond motifs is 2. The van der Waals surface area contributed by atoms with E-state index < -0.39 is 10.0 Å². The van der Waals surface area contributed by atoms with Crippen molar-refractivity contribution in [3.05, 3.63) is 65.1 Å². The average Bonchev–Trinajstić information content (AvgIpc) is 3.10. The lowest BCUT2D eigenvalue weighted by atomic mass is 9.99. The van der Waals surface area contributed by atoms with E-state index in [0.29, 0.717) is 31.7 Å². The fourth-order valence-electron chi connectivity index (χ4n) is 3.61. The molecule has 2 N–H and O–H groups in total. The summed E-state index contributed by atoms with van der Waals surface area (Å²) in [6.07, 6.45) is 3.69. The number of hydrogen-bond acceptors (Lipinski definition) is 4. The van der Waals surface area contributed by atoms with Gasteiger partial charge in [0.1, 0.15) is 5.65 Å². The summed E-state index contributed by atoms with van der Waals surface area (Å²) in [5, 5.41) is 5.72. The van der Waals surface area contributed by atoms with Gasteiger partial charge in [0.2, 0.25) is 10.0 Å². The zero-order valence-electron chi connectivity index (χ0n) is 16.3. The van der Waals surface area contributed by atoms with E-state index in [1.807, 2.05) is 53.9 Å². The molecule has 0 saturated carbocycles. The molecule has 1 aromatic carbocycles. The highest BCUT2D eigenvalue weighted by Gasteiger charge is 2.24. The van der Waals surface area contributed by atoms with Crippen molar-refractivity contribution in [3.8, 4) is 0 Å². The number of aromatic nitrogens is 2. The van der Waals surface area contributed by atoms with Gasteiger partial charge in [-0.05, 0) is 42.7 Å². The second-order valence-electron chi connectivity index (χ2n) is 7.23. The molecular formula is C20H23N5O3S. The molecule has 3 aromatic rings. The second kappa shape index (κ2) is 7.49. The standard InChI is InChI=1S/C20H23N5O3S/c1-14-5-3-8-19-22-16(13-25(14)19)11-21-20(26)23-18-7-4-6-15-12-24(29(2,27)28)10-9-17(15)18/h3-8,13H,9-12H2,1-2H3,(H2,21,23,26). The Morgan fingerprint density at radius 2 is 2.00 bits per heavy atom. The molecule has 0 aliphatic carbocycles. The summed E-state index contributed by atoms with van der Waals surface area (Å²) in [5.41, 5.74) is 5.29. The number of benzene rings is 1. The first-order valence-corrected chi connectivity index (χ1v) is 11.2. The number of anilines is 1. The normalized spacial score (nSPS) is 14.6. The Kier molecular flexibility index (Phi) is 5.01. The Hall–Kier alpha value is -2.91. The molecule has 0 fully saturated rings. The van der Waals surface area contributed by atoms with Gasteiger partial charge >= 0.3 is 6.03 Å². The number of imidazole rings is 1. The van der Waals surface area contributed by atoms with Crippen LogP contribution in [0.4, 0.5) is 10.5 Å². The molecule has 4 rings (SSSR count). The second-order valence-corrected chi connectivity index (χ2v) is 9.21. The third-order valence-corrected chi connectivity index (χ3v) is 6.37. The Morgan fingerprint density at radius 3 is 2.76 bits per heavy atom. The predicted octanol–water partition coefficient (Wildman–Crippen LogP) is 2.28. The maximum atomic E-state index is 12.4. The van der Waals surface area contributed by atoms with Crippen molar-refractivity contribution in [2.75, 3.05) is 18.1 Å². The van der Waals surface area contributed by atoms with Crippen LogP contribution < -0.4 is 10.6 Å². The van der Waals surface area contributed by atoms with Gasteiger partial charge in [-0.3, -0.25) is 0 Å². The first-order chi connectivity index (χ1) is 13.8. The van der Waals surface area contributed by atoms with E-state index in [1.54, 1.807) is 0 Å². The number of nitrogens with zero attached hydrogens (tertiary/aromatic N) is 3. The van der Waals surface area contributed by atoms with Crippen molar-refractivity contribution in [1.29, 1.82) is 0 Å². The molecule has 0 saturated heterocycles. The molecule has 0 spiro atoms. The lowest BCUT2D eigenvalue weighted by Gasteiger charge is -2.28. The van der Waals surface area contributed by atoms with Crippen LogP contribution in [-0.4, -0.2) is 40.9 Å². The largest absolute Gasteiger partial charge is 0.332 e. The lowest BCUT2D eigenvalue weighted by molar-refractivity contribution is 0.251. The molecule has 3 heterocycles. The number of urea groups is 1. The molecule has 8 nitrogen and oxygen atoms in total. The van der Waals surface area contributed by atoms with Crippen molar-refractivity contribution >= 4 is 27.4 Å². The molecule has 0 bridgehead atoms. The van der Waals surface area contributed by atoms with Gasteiger partial charge in [-0.2, -0.15) is 4.31 Å². The third-order valence-electron chi connectivity index (χ3n) is 5.12. The Bertz CT molecular complexity index is 1190. The van der Waals surface area contributed by atoms with Gasteiger partial charge in [0, 0.05) is 30.7 Å². The topological polar surface area (TPSA) is 95.8 Å². The maximum Gasteiger partial charge on any atom is 0.319 e. The minimum atomic E-state index is -3.23. The average molecular weight is 414 g/mol. The minimum absolute atomic E-state index is 0.309. The number of nitrogens with one attached hydrogen (secondary N) is 2. The fraction of sp³-hybridized carbons (Fsp3) is 0.300. The highest BCUT2D eigenvalue weighted by Crippen LogP contribution is 2.27. The van der Waals surface area contributed by atoms with Crippen LogP contribution in [0.1, 0.15) is 22.5 Å². The molecule has 29 heavy (non-hydrogen) atoms. The van der Waals surface area contributed by atoms with E-state index in [4.69, 9.17) is 0 Å². The van der Waals surface area contributed by atoms with E-state index >= 15 is 0 Å². The van der Waals surface area contributed by atoms with Crippen LogP contribution in [0.25, 0.3) is 5.65 Å². The zero-order valence-corrected chi connectivity index (χ0v) is 17.2. The molecule has 2 aromatic heterocycles. The van der Waals surface area contributed by atoms with Gasteiger partial charge in [-0.15, -0.1) is 0 Å². The van der Waals surface area contributed by atoms with Gasteiger partial charge in [0.05, 0.1) is 18.5 Å². The first kappa shape index (κ1) is 19.4. The Balaban J connectivity index is 1.43. The minimum Gasteiger partial charge on any atom is -0.332 e. The van der Waals surface area contributed by atoms with E-state index in [0.717, 1.165) is 28.2 Å². The fourth-order valence-corrected chi connectivity index (χ4v) is 4.40. The summed E-state index contributed by atoms with van der Waals surface area (Å²) in [6, 6.07) is 11.1. The summed E-state index contributed by atoms with van der Waals surface area (Å²) < 4.78 is 27.0. The molecule has 9 heteroatoms. The Labute approximate surface area is 169 Å². The Morgan fingerprint density at radius 1 is 1.21 bits per heavy atom. The van der Waals surface area contributed by atoms with Crippen molar-refractivity contribution in [3.63, 3.8) is 0 Å². The number of sulfonamides is 1. The van der Waals surface area contributed by atoms with Crippen LogP contribution in [0, 0.1) is 6.92 Å². The van der Waals surface area contributed by atoms with Crippen LogP contribution in [0.3, 0.4) is 0 Å². The molecule has 0 radical (unpaired) electrons. The quantitative estimate of drug-likeness (QED) is 0.686. The van der Waals surface area contributed by atoms with Crippen molar-refractivity contribution in [1.82, 2.24) is 19.0 Å². The number of rotatable bonds is 4. The summed E-state index contributed by atoms with van der Waals surface area (Å²) in [5.74, 6) is 0. The lowest BCUT2D eigenvalue weighted by Crippen LogP contribution is -2.36. The van der Waals surface area contributed by atoms with E-state index in [1.165, 1.54) is 10.6 Å². The van der Waals surface area contributed by atoms with E-state index in [-0.39, 0.29) is 6.03 Å². The highest BCUT2D eigenvalue weighted by molar-refractivity contribution is 7.88. The molecule has 1 aliphatic heterocycles. The highest BCUT2D eigenvalue weighted by atomic mass is 32.2. The van der Waals surface area contributed by atoms with Crippen LogP contribution in [0.5, 0.6) is 0 Å². The monoisotopic (exact) mass is 413 g/mol. The number of amides is 2. The summed E-state index contributed by atoms with van der Waals surface area (Å²) in [6.45, 7) is 3.05. The summed E-state index contributed by atoms with van der Waals surface area (Å²) >= 11 is 0. The van der Waals surface area contributed by atoms with Gasteiger partial charge in [0.15, 0.2) is 0 Å². The number of hydrogen-bond donors (Lipinski definition) is 2. The van der Waals surface area contributed by atoms with Gasteiger partial charge < -0.3 is 15.0 Å². The molecule has 152 valence electrons. The van der Waals surface area contributed by atoms with Gasteiger partial charge in [-0.25, -0.2) is 18.2 Å². The predicted molar refractivity (Wildman–Crippen MR) is 111 cm³/mol. The van der Waals surface area contributed by atoms with Crippen molar-refractivity contribution in [2.45, 2.75) is 26.4 Å². The van der Waals surface area contributed by atoms with Crippen LogP contribution >= 0.6 is 0 Å². The van der Waals surface area contributed by atoms with Crippen LogP contribution in [-0.2, 0) is 29.5 Å². The molecule has 0 atom stereocenters. The summed E-state index contributed by atoms with van der Waals surface area (Å²) in [7, 11) is -3.23. The van der Waals surface area contributed by atoms with Crippen molar-refractivity contribution in [2.24, 2.45) is 0 Å². The number of pyridine rings is 1. The van der Waals surface area contributed by atoms with E-state index in [2.05, 4.69) is 15.6 Å². The molecule has 1 aliphatic rings. The zero-order chi connectivity index (χ0) is 20.6. The maximum absolute atomic E-state index is 12.4. The first-order valence-electron chi connectivity index (χ1n) is 9.35. The van der Waals surface area contributed by atoms with Crippen molar-refractivity contribution < 1.29 is 13.2 Å². The van der Waals surface area contributed by atoms with Gasteiger partial charge in [0.25, 0.3) is 0 Å². The van der Waals surface area contributed by atoms with Crippen LogP contribution in [0.15, 0.2) is 42.6 Å². The number of carbonyl (C=O) groups is 1. The van der Waals surface area contributed by atoms with Gasteiger partial charge in [-0.1, -0.05) is 18.2 Å². The third kappa shape index (κ3) is 4.10. The smallest absolute Gasteiger partial charge is 0.319 e. The molecular weight excluding hydrogens is 390 g/mol. The number of aryl methyl sites for hydroxylation is 1. The van der Waals surface area contributed by atoms with E-state index in [9.17, 15) is 13.2 Å².